The van der Waals surface area contributed by atoms with Crippen LogP contribution >= 0.6 is 31.9 Å². The number of hydrogen-bond acceptors (Lipinski definition) is 0. The lowest BCUT2D eigenvalue weighted by atomic mass is 9.88. The van der Waals surface area contributed by atoms with Crippen molar-refractivity contribution >= 4 is 53.4 Å². The van der Waals surface area contributed by atoms with E-state index in [-0.39, 0.29) is 0 Å². The molecule has 0 aliphatic rings. The first-order chi connectivity index (χ1) is 16.7. The van der Waals surface area contributed by atoms with E-state index >= 15 is 0 Å². The fraction of sp³-hybridized carbons (Fsp3) is 0. The molecular weight excluding hydrogens is 544 g/mol. The Balaban J connectivity index is 1.58. The van der Waals surface area contributed by atoms with Gasteiger partial charge in [0.25, 0.3) is 0 Å². The van der Waals surface area contributed by atoms with E-state index < -0.39 is 0 Å². The first-order valence-corrected chi connectivity index (χ1v) is 12.8. The lowest BCUT2D eigenvalue weighted by Gasteiger charge is -2.17. The van der Waals surface area contributed by atoms with Crippen molar-refractivity contribution in [2.45, 2.75) is 0 Å². The van der Waals surface area contributed by atoms with Gasteiger partial charge in [0, 0.05) is 8.95 Å². The Kier molecular flexibility index (Phi) is 5.57. The minimum atomic E-state index is 1.07. The molecular formula is C32H20Br2. The Bertz CT molecular complexity index is 1550. The van der Waals surface area contributed by atoms with Crippen LogP contribution in [-0.4, -0.2) is 0 Å². The summed E-state index contributed by atoms with van der Waals surface area (Å²) in [5.74, 6) is 0. The molecule has 0 aliphatic carbocycles. The normalized spacial score (nSPS) is 11.2. The van der Waals surface area contributed by atoms with E-state index in [0.717, 1.165) is 8.95 Å². The highest BCUT2D eigenvalue weighted by molar-refractivity contribution is 9.10. The standard InChI is InChI=1S/C32H20Br2/c33-27-13-15-29(31(19-27)25-11-9-21-5-1-3-7-23(21)17-25)30-16-14-28(34)20-32(30)26-12-10-22-6-2-4-8-24(22)18-26/h1-20H. The van der Waals surface area contributed by atoms with Crippen LogP contribution < -0.4 is 0 Å². The summed E-state index contributed by atoms with van der Waals surface area (Å²) in [6.07, 6.45) is 0. The molecule has 0 aliphatic heterocycles. The molecule has 6 aromatic rings. The molecule has 2 heteroatoms. The molecule has 0 aromatic heterocycles. The van der Waals surface area contributed by atoms with Gasteiger partial charge in [0.1, 0.15) is 0 Å². The molecule has 0 N–H and O–H groups in total. The minimum absolute atomic E-state index is 1.07. The molecule has 0 heterocycles. The van der Waals surface area contributed by atoms with E-state index in [4.69, 9.17) is 0 Å². The van der Waals surface area contributed by atoms with Crippen LogP contribution in [0.5, 0.6) is 0 Å². The third-order valence-corrected chi connectivity index (χ3v) is 7.36. The molecule has 0 fully saturated rings. The van der Waals surface area contributed by atoms with E-state index in [2.05, 4.69) is 153 Å². The lowest BCUT2D eigenvalue weighted by Crippen LogP contribution is -1.90. The summed E-state index contributed by atoms with van der Waals surface area (Å²) in [6, 6.07) is 43.7. The Morgan fingerprint density at radius 3 is 1.18 bits per heavy atom. The van der Waals surface area contributed by atoms with E-state index in [1.165, 1.54) is 54.9 Å². The van der Waals surface area contributed by atoms with Crippen molar-refractivity contribution < 1.29 is 0 Å². The average Bonchev–Trinajstić information content (AvgIpc) is 2.88. The van der Waals surface area contributed by atoms with E-state index in [0.29, 0.717) is 0 Å². The summed E-state index contributed by atoms with van der Waals surface area (Å²) < 4.78 is 2.15. The highest BCUT2D eigenvalue weighted by Gasteiger charge is 2.14. The molecule has 0 radical (unpaired) electrons. The molecule has 0 atom stereocenters. The molecule has 6 aromatic carbocycles. The van der Waals surface area contributed by atoms with Crippen molar-refractivity contribution in [1.82, 2.24) is 0 Å². The Morgan fingerprint density at radius 2 is 0.735 bits per heavy atom. The monoisotopic (exact) mass is 562 g/mol. The maximum atomic E-state index is 3.71. The topological polar surface area (TPSA) is 0 Å². The zero-order valence-electron chi connectivity index (χ0n) is 18.3. The zero-order chi connectivity index (χ0) is 23.1. The Morgan fingerprint density at radius 1 is 0.324 bits per heavy atom. The molecule has 0 spiro atoms. The van der Waals surface area contributed by atoms with Crippen molar-refractivity contribution in [2.24, 2.45) is 0 Å². The van der Waals surface area contributed by atoms with Crippen LogP contribution in [0.2, 0.25) is 0 Å². The van der Waals surface area contributed by atoms with Gasteiger partial charge in [-0.25, -0.2) is 0 Å². The van der Waals surface area contributed by atoms with Gasteiger partial charge in [0.2, 0.25) is 0 Å². The second kappa shape index (κ2) is 8.87. The van der Waals surface area contributed by atoms with Crippen molar-refractivity contribution in [3.05, 3.63) is 130 Å². The van der Waals surface area contributed by atoms with Crippen LogP contribution in [0.25, 0.3) is 54.9 Å². The van der Waals surface area contributed by atoms with Gasteiger partial charge in [-0.2, -0.15) is 0 Å². The predicted molar refractivity (Wildman–Crippen MR) is 153 cm³/mol. The quantitative estimate of drug-likeness (QED) is 0.201. The predicted octanol–water partition coefficient (Wildman–Crippen LogP) is 10.5. The fourth-order valence-corrected chi connectivity index (χ4v) is 5.42. The first kappa shape index (κ1) is 21.3. The largest absolute Gasteiger partial charge is 0.0616 e. The summed E-state index contributed by atoms with van der Waals surface area (Å²) in [7, 11) is 0. The third-order valence-electron chi connectivity index (χ3n) is 6.37. The second-order valence-electron chi connectivity index (χ2n) is 8.50. The van der Waals surface area contributed by atoms with Gasteiger partial charge >= 0.3 is 0 Å². The molecule has 162 valence electrons. The first-order valence-electron chi connectivity index (χ1n) is 11.2. The number of rotatable bonds is 3. The van der Waals surface area contributed by atoms with Crippen LogP contribution in [0, 0.1) is 0 Å². The van der Waals surface area contributed by atoms with Crippen molar-refractivity contribution in [3.8, 4) is 33.4 Å². The summed E-state index contributed by atoms with van der Waals surface area (Å²) in [6.45, 7) is 0. The van der Waals surface area contributed by atoms with Crippen molar-refractivity contribution in [2.75, 3.05) is 0 Å². The van der Waals surface area contributed by atoms with Gasteiger partial charge in [0.05, 0.1) is 0 Å². The van der Waals surface area contributed by atoms with Crippen LogP contribution in [0.15, 0.2) is 130 Å². The van der Waals surface area contributed by atoms with Crippen LogP contribution in [0.4, 0.5) is 0 Å². The van der Waals surface area contributed by atoms with Crippen LogP contribution in [0.3, 0.4) is 0 Å². The van der Waals surface area contributed by atoms with Gasteiger partial charge in [-0.3, -0.25) is 0 Å². The lowest BCUT2D eigenvalue weighted by molar-refractivity contribution is 1.55. The fourth-order valence-electron chi connectivity index (χ4n) is 4.69. The number of fused-ring (bicyclic) bond motifs is 2. The number of hydrogen-bond donors (Lipinski definition) is 0. The SMILES string of the molecule is Brc1ccc(-c2ccc(Br)cc2-c2ccc3ccccc3c2)c(-c2ccc3ccccc3c2)c1. The highest BCUT2D eigenvalue weighted by atomic mass is 79.9. The van der Waals surface area contributed by atoms with Crippen molar-refractivity contribution in [3.63, 3.8) is 0 Å². The smallest absolute Gasteiger partial charge is 0.0181 e. The summed E-state index contributed by atoms with van der Waals surface area (Å²) in [5.41, 5.74) is 7.28. The molecule has 0 nitrogen and oxygen atoms in total. The molecule has 0 amide bonds. The molecule has 0 bridgehead atoms. The second-order valence-corrected chi connectivity index (χ2v) is 10.3. The third kappa shape index (κ3) is 3.98. The number of halogens is 2. The maximum Gasteiger partial charge on any atom is 0.0181 e. The van der Waals surface area contributed by atoms with E-state index in [9.17, 15) is 0 Å². The Labute approximate surface area is 216 Å². The molecule has 0 unspecified atom stereocenters. The molecule has 0 saturated carbocycles. The van der Waals surface area contributed by atoms with Crippen LogP contribution in [-0.2, 0) is 0 Å². The van der Waals surface area contributed by atoms with Gasteiger partial charge in [0.15, 0.2) is 0 Å². The summed E-state index contributed by atoms with van der Waals surface area (Å²) in [4.78, 5) is 0. The summed E-state index contributed by atoms with van der Waals surface area (Å²) in [5, 5.41) is 5.00. The average molecular weight is 564 g/mol. The Hall–Kier alpha value is -3.20. The van der Waals surface area contributed by atoms with Crippen molar-refractivity contribution in [1.29, 1.82) is 0 Å². The zero-order valence-corrected chi connectivity index (χ0v) is 21.5. The van der Waals surface area contributed by atoms with Gasteiger partial charge < -0.3 is 0 Å². The highest BCUT2D eigenvalue weighted by Crippen LogP contribution is 2.41. The van der Waals surface area contributed by atoms with E-state index in [1.807, 2.05) is 0 Å². The van der Waals surface area contributed by atoms with Crippen LogP contribution in [0.1, 0.15) is 0 Å². The molecule has 0 saturated heterocycles. The molecule has 6 rings (SSSR count). The number of benzene rings is 6. The van der Waals surface area contributed by atoms with Gasteiger partial charge in [-0.15, -0.1) is 0 Å². The maximum absolute atomic E-state index is 3.71. The molecule has 34 heavy (non-hydrogen) atoms. The minimum Gasteiger partial charge on any atom is -0.0616 e. The summed E-state index contributed by atoms with van der Waals surface area (Å²) >= 11 is 7.42. The van der Waals surface area contributed by atoms with Gasteiger partial charge in [-0.05, 0) is 91.3 Å². The van der Waals surface area contributed by atoms with Gasteiger partial charge in [-0.1, -0.05) is 117 Å². The van der Waals surface area contributed by atoms with E-state index in [1.54, 1.807) is 0 Å².